The molecule has 9 heteroatoms. The fraction of sp³-hybridized carbons (Fsp3) is 0.286. The summed E-state index contributed by atoms with van der Waals surface area (Å²) in [4.78, 5) is 53.7. The van der Waals surface area contributed by atoms with Gasteiger partial charge in [0.15, 0.2) is 6.61 Å². The first kappa shape index (κ1) is 27.2. The lowest BCUT2D eigenvalue weighted by Gasteiger charge is -2.18. The molecule has 0 spiro atoms. The number of amides is 1. The van der Waals surface area contributed by atoms with Crippen LogP contribution in [0.1, 0.15) is 50.2 Å². The number of ketones is 1. The first-order valence-electron chi connectivity index (χ1n) is 11.9. The molecule has 1 aromatic heterocycles. The number of aromatic amines is 1. The van der Waals surface area contributed by atoms with Crippen LogP contribution in [0.4, 0.5) is 4.79 Å². The number of rotatable bonds is 11. The predicted octanol–water partition coefficient (Wildman–Crippen LogP) is 4.07. The van der Waals surface area contributed by atoms with E-state index in [2.05, 4.69) is 10.3 Å². The highest BCUT2D eigenvalue weighted by molar-refractivity contribution is 6.09. The largest absolute Gasteiger partial charge is 0.462 e. The topological polar surface area (TPSA) is 124 Å². The zero-order chi connectivity index (χ0) is 26.8. The third kappa shape index (κ3) is 7.54. The van der Waals surface area contributed by atoms with Gasteiger partial charge in [0.05, 0.1) is 17.7 Å². The van der Waals surface area contributed by atoms with E-state index in [0.29, 0.717) is 11.4 Å². The van der Waals surface area contributed by atoms with Crippen LogP contribution < -0.4 is 5.32 Å². The third-order valence-corrected chi connectivity index (χ3v) is 5.55. The summed E-state index contributed by atoms with van der Waals surface area (Å²) in [6.07, 6.45) is -0.667. The van der Waals surface area contributed by atoms with Gasteiger partial charge in [-0.15, -0.1) is 0 Å². The molecule has 1 heterocycles. The van der Waals surface area contributed by atoms with Gasteiger partial charge in [0.1, 0.15) is 12.6 Å². The van der Waals surface area contributed by atoms with Crippen LogP contribution in [0.15, 0.2) is 60.7 Å². The summed E-state index contributed by atoms with van der Waals surface area (Å²) in [5.41, 5.74) is 2.74. The maximum Gasteiger partial charge on any atom is 0.408 e. The van der Waals surface area contributed by atoms with E-state index < -0.39 is 36.5 Å². The van der Waals surface area contributed by atoms with Crippen molar-refractivity contribution < 1.29 is 33.4 Å². The number of hydrogen-bond donors (Lipinski definition) is 2. The molecule has 194 valence electrons. The Morgan fingerprint density at radius 3 is 2.03 bits per heavy atom. The van der Waals surface area contributed by atoms with Crippen molar-refractivity contribution in [3.05, 3.63) is 94.3 Å². The van der Waals surface area contributed by atoms with E-state index in [1.54, 1.807) is 32.9 Å². The Labute approximate surface area is 215 Å². The van der Waals surface area contributed by atoms with Gasteiger partial charge in [-0.3, -0.25) is 4.79 Å². The number of ether oxygens (including phenoxy) is 3. The van der Waals surface area contributed by atoms with Crippen LogP contribution in [0.3, 0.4) is 0 Å². The Kier molecular flexibility index (Phi) is 9.60. The standard InChI is InChI=1S/C28H30N2O7/c1-4-35-27(33)25-19(3)29-18(2)24(25)23(31)17-36-26(32)22(15-20-11-7-5-8-12-20)30-28(34)37-16-21-13-9-6-10-14-21/h5-14,22,29H,4,15-17H2,1-3H3,(H,30,34). The van der Waals surface area contributed by atoms with Gasteiger partial charge >= 0.3 is 18.0 Å². The minimum absolute atomic E-state index is 0.0288. The molecule has 0 aliphatic heterocycles. The van der Waals surface area contributed by atoms with Gasteiger partial charge in [0.25, 0.3) is 0 Å². The Morgan fingerprint density at radius 2 is 1.41 bits per heavy atom. The van der Waals surface area contributed by atoms with E-state index in [9.17, 15) is 19.2 Å². The molecule has 0 aliphatic carbocycles. The number of H-pyrrole nitrogens is 1. The van der Waals surface area contributed by atoms with E-state index >= 15 is 0 Å². The van der Waals surface area contributed by atoms with Crippen molar-refractivity contribution in [3.63, 3.8) is 0 Å². The van der Waals surface area contributed by atoms with Crippen molar-refractivity contribution in [2.45, 2.75) is 39.8 Å². The number of aromatic nitrogens is 1. The molecule has 2 N–H and O–H groups in total. The molecule has 0 fully saturated rings. The molecule has 9 nitrogen and oxygen atoms in total. The summed E-state index contributed by atoms with van der Waals surface area (Å²) in [6.45, 7) is 4.53. The molecule has 1 amide bonds. The average Bonchev–Trinajstić information content (AvgIpc) is 3.20. The summed E-state index contributed by atoms with van der Waals surface area (Å²) in [5.74, 6) is -2.01. The fourth-order valence-corrected chi connectivity index (χ4v) is 3.85. The van der Waals surface area contributed by atoms with Crippen molar-refractivity contribution in [1.29, 1.82) is 0 Å². The zero-order valence-electron chi connectivity index (χ0n) is 21.0. The SMILES string of the molecule is CCOC(=O)c1c(C)[nH]c(C)c1C(=O)COC(=O)C(Cc1ccccc1)NC(=O)OCc1ccccc1. The van der Waals surface area contributed by atoms with Gasteiger partial charge in [0.2, 0.25) is 5.78 Å². The number of benzene rings is 2. The van der Waals surface area contributed by atoms with E-state index in [1.807, 2.05) is 48.5 Å². The molecular weight excluding hydrogens is 476 g/mol. The highest BCUT2D eigenvalue weighted by Gasteiger charge is 2.28. The summed E-state index contributed by atoms with van der Waals surface area (Å²) in [5, 5.41) is 2.53. The Bertz CT molecular complexity index is 1240. The van der Waals surface area contributed by atoms with E-state index in [-0.39, 0.29) is 30.8 Å². The lowest BCUT2D eigenvalue weighted by Crippen LogP contribution is -2.44. The normalized spacial score (nSPS) is 11.3. The second-order valence-corrected chi connectivity index (χ2v) is 8.32. The first-order valence-corrected chi connectivity index (χ1v) is 11.9. The van der Waals surface area contributed by atoms with Crippen LogP contribution in [-0.2, 0) is 32.0 Å². The molecule has 3 aromatic rings. The highest BCUT2D eigenvalue weighted by atomic mass is 16.6. The lowest BCUT2D eigenvalue weighted by molar-refractivity contribution is -0.144. The Morgan fingerprint density at radius 1 is 0.811 bits per heavy atom. The molecular formula is C28H30N2O7. The second kappa shape index (κ2) is 13.1. The minimum atomic E-state index is -1.10. The first-order chi connectivity index (χ1) is 17.8. The average molecular weight is 507 g/mol. The molecule has 0 radical (unpaired) electrons. The molecule has 3 rings (SSSR count). The van der Waals surface area contributed by atoms with Crippen LogP contribution in [-0.4, -0.2) is 48.1 Å². The maximum absolute atomic E-state index is 13.0. The van der Waals surface area contributed by atoms with E-state index in [4.69, 9.17) is 14.2 Å². The van der Waals surface area contributed by atoms with Crippen molar-refractivity contribution in [2.24, 2.45) is 0 Å². The maximum atomic E-state index is 13.0. The number of esters is 2. The van der Waals surface area contributed by atoms with Crippen molar-refractivity contribution >= 4 is 23.8 Å². The molecule has 0 saturated heterocycles. The number of alkyl carbamates (subject to hydrolysis) is 1. The fourth-order valence-electron chi connectivity index (χ4n) is 3.85. The summed E-state index contributed by atoms with van der Waals surface area (Å²) in [6, 6.07) is 17.1. The Hall–Kier alpha value is -4.40. The van der Waals surface area contributed by atoms with E-state index in [0.717, 1.165) is 11.1 Å². The van der Waals surface area contributed by atoms with Crippen LogP contribution in [0.5, 0.6) is 0 Å². The quantitative estimate of drug-likeness (QED) is 0.228. The van der Waals surface area contributed by atoms with Crippen LogP contribution in [0.2, 0.25) is 0 Å². The number of aryl methyl sites for hydroxylation is 2. The molecule has 1 unspecified atom stereocenters. The second-order valence-electron chi connectivity index (χ2n) is 8.32. The van der Waals surface area contributed by atoms with Crippen molar-refractivity contribution in [1.82, 2.24) is 10.3 Å². The van der Waals surface area contributed by atoms with Gasteiger partial charge in [-0.05, 0) is 31.9 Å². The van der Waals surface area contributed by atoms with Gasteiger partial charge in [-0.1, -0.05) is 60.7 Å². The number of carbonyl (C=O) groups excluding carboxylic acids is 4. The smallest absolute Gasteiger partial charge is 0.408 e. The molecule has 0 bridgehead atoms. The molecule has 37 heavy (non-hydrogen) atoms. The highest BCUT2D eigenvalue weighted by Crippen LogP contribution is 2.20. The number of nitrogens with one attached hydrogen (secondary N) is 2. The minimum Gasteiger partial charge on any atom is -0.462 e. The van der Waals surface area contributed by atoms with Crippen molar-refractivity contribution in [3.8, 4) is 0 Å². The van der Waals surface area contributed by atoms with Crippen LogP contribution in [0.25, 0.3) is 0 Å². The number of carbonyl (C=O) groups is 4. The summed E-state index contributed by atoms with van der Waals surface area (Å²) >= 11 is 0. The monoisotopic (exact) mass is 506 g/mol. The summed E-state index contributed by atoms with van der Waals surface area (Å²) < 4.78 is 15.6. The number of Topliss-reactive ketones (excluding diaryl/α,β-unsaturated/α-hetero) is 1. The molecule has 1 atom stereocenters. The number of hydrogen-bond acceptors (Lipinski definition) is 7. The van der Waals surface area contributed by atoms with Gasteiger partial charge in [0, 0.05) is 17.8 Å². The van der Waals surface area contributed by atoms with Gasteiger partial charge in [-0.2, -0.15) is 0 Å². The summed E-state index contributed by atoms with van der Waals surface area (Å²) in [7, 11) is 0. The predicted molar refractivity (Wildman–Crippen MR) is 135 cm³/mol. The van der Waals surface area contributed by atoms with E-state index in [1.165, 1.54) is 0 Å². The van der Waals surface area contributed by atoms with Crippen LogP contribution >= 0.6 is 0 Å². The molecule has 2 aromatic carbocycles. The molecule has 0 aliphatic rings. The van der Waals surface area contributed by atoms with Crippen molar-refractivity contribution in [2.75, 3.05) is 13.2 Å². The molecule has 0 saturated carbocycles. The third-order valence-electron chi connectivity index (χ3n) is 5.55. The van der Waals surface area contributed by atoms with Gasteiger partial charge in [-0.25, -0.2) is 14.4 Å². The lowest BCUT2D eigenvalue weighted by atomic mass is 10.0. The van der Waals surface area contributed by atoms with Gasteiger partial charge < -0.3 is 24.5 Å². The van der Waals surface area contributed by atoms with Crippen LogP contribution in [0, 0.1) is 13.8 Å². The zero-order valence-corrected chi connectivity index (χ0v) is 21.0. The Balaban J connectivity index is 1.69.